The maximum atomic E-state index is 12.5. The van der Waals surface area contributed by atoms with Crippen LogP contribution in [0.25, 0.3) is 22.9 Å². The lowest BCUT2D eigenvalue weighted by atomic mass is 10.0. The number of amides is 2. The molecule has 1 aromatic heterocycles. The van der Waals surface area contributed by atoms with Gasteiger partial charge in [0.15, 0.2) is 0 Å². The second kappa shape index (κ2) is 10.2. The van der Waals surface area contributed by atoms with Crippen molar-refractivity contribution in [2.75, 3.05) is 7.11 Å². The van der Waals surface area contributed by atoms with Crippen LogP contribution in [0.1, 0.15) is 47.8 Å². The first-order valence-electron chi connectivity index (χ1n) is 11.1. The minimum atomic E-state index is -0.531. The van der Waals surface area contributed by atoms with Crippen LogP contribution in [-0.2, 0) is 4.74 Å². The van der Waals surface area contributed by atoms with Crippen molar-refractivity contribution in [3.05, 3.63) is 94.0 Å². The van der Waals surface area contributed by atoms with E-state index >= 15 is 0 Å². The predicted molar refractivity (Wildman–Crippen MR) is 132 cm³/mol. The number of carbonyl (C=O) groups is 3. The first-order valence-corrected chi connectivity index (χ1v) is 11.1. The molecule has 0 aliphatic rings. The summed E-state index contributed by atoms with van der Waals surface area (Å²) in [6.45, 7) is 6.15. The molecular formula is C27H24N4O5. The highest BCUT2D eigenvalue weighted by Gasteiger charge is 2.14. The molecule has 9 nitrogen and oxygen atoms in total. The normalized spacial score (nSPS) is 10.6. The van der Waals surface area contributed by atoms with Crippen molar-refractivity contribution in [2.45, 2.75) is 20.8 Å². The molecule has 0 saturated carbocycles. The summed E-state index contributed by atoms with van der Waals surface area (Å²) in [5.74, 6) is -0.790. The first-order chi connectivity index (χ1) is 17.3. The Morgan fingerprint density at radius 3 is 1.64 bits per heavy atom. The van der Waals surface area contributed by atoms with E-state index in [-0.39, 0.29) is 5.56 Å². The third kappa shape index (κ3) is 5.15. The molecule has 0 aliphatic heterocycles. The Hall–Kier alpha value is -4.79. The van der Waals surface area contributed by atoms with Gasteiger partial charge in [0.05, 0.1) is 12.7 Å². The van der Waals surface area contributed by atoms with E-state index in [2.05, 4.69) is 32.7 Å². The molecule has 0 saturated heterocycles. The Morgan fingerprint density at radius 2 is 1.14 bits per heavy atom. The van der Waals surface area contributed by atoms with Gasteiger partial charge in [-0.05, 0) is 98.1 Å². The van der Waals surface area contributed by atoms with Crippen LogP contribution >= 0.6 is 0 Å². The molecule has 4 rings (SSSR count). The van der Waals surface area contributed by atoms with Crippen molar-refractivity contribution in [1.82, 2.24) is 21.0 Å². The van der Waals surface area contributed by atoms with E-state index in [9.17, 15) is 14.4 Å². The topological polar surface area (TPSA) is 123 Å². The van der Waals surface area contributed by atoms with Crippen molar-refractivity contribution in [3.63, 3.8) is 0 Å². The zero-order chi connectivity index (χ0) is 25.8. The highest BCUT2D eigenvalue weighted by Crippen LogP contribution is 2.27. The number of benzene rings is 3. The number of nitrogens with zero attached hydrogens (tertiary/aromatic N) is 2. The van der Waals surface area contributed by atoms with Crippen LogP contribution in [0.4, 0.5) is 0 Å². The number of nitrogens with one attached hydrogen (secondary N) is 2. The van der Waals surface area contributed by atoms with Gasteiger partial charge < -0.3 is 9.15 Å². The first kappa shape index (κ1) is 24.3. The molecule has 2 N–H and O–H groups in total. The summed E-state index contributed by atoms with van der Waals surface area (Å²) in [6.07, 6.45) is 0. The minimum Gasteiger partial charge on any atom is -0.465 e. The standard InChI is InChI=1S/C27H24N4O5/c1-15-13-22(14-16(2)17(15)3)26-31-30-25(36-26)20-9-5-18(6-10-20)23(32)28-29-24(33)19-7-11-21(12-8-19)27(34)35-4/h5-14H,1-4H3,(H,28,32)(H,29,33). The summed E-state index contributed by atoms with van der Waals surface area (Å²) in [7, 11) is 1.28. The smallest absolute Gasteiger partial charge is 0.337 e. The minimum absolute atomic E-state index is 0.268. The number of methoxy groups -OCH3 is 1. The number of ether oxygens (including phenoxy) is 1. The van der Waals surface area contributed by atoms with E-state index in [0.717, 1.165) is 16.7 Å². The molecular weight excluding hydrogens is 460 g/mol. The van der Waals surface area contributed by atoms with Crippen molar-refractivity contribution in [1.29, 1.82) is 0 Å². The molecule has 1 heterocycles. The van der Waals surface area contributed by atoms with Gasteiger partial charge in [-0.3, -0.25) is 20.4 Å². The molecule has 9 heteroatoms. The quantitative estimate of drug-likeness (QED) is 0.322. The molecule has 0 spiro atoms. The van der Waals surface area contributed by atoms with E-state index in [1.165, 1.54) is 36.9 Å². The third-order valence-electron chi connectivity index (χ3n) is 5.85. The SMILES string of the molecule is COC(=O)c1ccc(C(=O)NNC(=O)c2ccc(-c3nnc(-c4cc(C)c(C)c(C)c4)o3)cc2)cc1. The molecule has 0 fully saturated rings. The number of hydrogen-bond acceptors (Lipinski definition) is 7. The van der Waals surface area contributed by atoms with Gasteiger partial charge in [0.25, 0.3) is 11.8 Å². The summed E-state index contributed by atoms with van der Waals surface area (Å²) in [5, 5.41) is 8.29. The highest BCUT2D eigenvalue weighted by molar-refractivity contribution is 5.99. The van der Waals surface area contributed by atoms with E-state index < -0.39 is 17.8 Å². The Morgan fingerprint density at radius 1 is 0.694 bits per heavy atom. The van der Waals surface area contributed by atoms with Gasteiger partial charge in [0.1, 0.15) is 0 Å². The average molecular weight is 485 g/mol. The highest BCUT2D eigenvalue weighted by atomic mass is 16.5. The Balaban J connectivity index is 1.39. The van der Waals surface area contributed by atoms with Crippen LogP contribution in [0.3, 0.4) is 0 Å². The molecule has 0 unspecified atom stereocenters. The summed E-state index contributed by atoms with van der Waals surface area (Å²) >= 11 is 0. The lowest BCUT2D eigenvalue weighted by molar-refractivity contribution is 0.0600. The molecule has 3 aromatic carbocycles. The number of aromatic nitrogens is 2. The number of rotatable bonds is 5. The molecule has 0 aliphatic carbocycles. The number of hydrogen-bond donors (Lipinski definition) is 2. The number of esters is 1. The molecule has 4 aromatic rings. The van der Waals surface area contributed by atoms with E-state index in [4.69, 9.17) is 4.42 Å². The van der Waals surface area contributed by atoms with Gasteiger partial charge in [0, 0.05) is 22.3 Å². The fraction of sp³-hybridized carbons (Fsp3) is 0.148. The number of hydrazine groups is 1. The second-order valence-corrected chi connectivity index (χ2v) is 8.20. The second-order valence-electron chi connectivity index (χ2n) is 8.20. The summed E-state index contributed by atoms with van der Waals surface area (Å²) in [4.78, 5) is 36.2. The van der Waals surface area contributed by atoms with Crippen LogP contribution in [-0.4, -0.2) is 35.1 Å². The van der Waals surface area contributed by atoms with E-state index in [1.54, 1.807) is 24.3 Å². The van der Waals surface area contributed by atoms with Crippen molar-refractivity contribution in [3.8, 4) is 22.9 Å². The van der Waals surface area contributed by atoms with Crippen LogP contribution < -0.4 is 10.9 Å². The zero-order valence-corrected chi connectivity index (χ0v) is 20.2. The molecule has 36 heavy (non-hydrogen) atoms. The monoisotopic (exact) mass is 484 g/mol. The van der Waals surface area contributed by atoms with Gasteiger partial charge in [-0.15, -0.1) is 10.2 Å². The van der Waals surface area contributed by atoms with Crippen LogP contribution in [0, 0.1) is 20.8 Å². The fourth-order valence-corrected chi connectivity index (χ4v) is 3.51. The number of aryl methyl sites for hydroxylation is 2. The summed E-state index contributed by atoms with van der Waals surface area (Å²) < 4.78 is 10.5. The lowest BCUT2D eigenvalue weighted by Gasteiger charge is -2.08. The molecule has 0 atom stereocenters. The lowest BCUT2D eigenvalue weighted by Crippen LogP contribution is -2.41. The summed E-state index contributed by atoms with van der Waals surface area (Å²) in [6, 6.07) is 16.4. The van der Waals surface area contributed by atoms with Gasteiger partial charge in [0.2, 0.25) is 11.8 Å². The molecule has 0 radical (unpaired) electrons. The third-order valence-corrected chi connectivity index (χ3v) is 5.85. The van der Waals surface area contributed by atoms with Gasteiger partial charge in [-0.25, -0.2) is 4.79 Å². The molecule has 2 amide bonds. The Kier molecular flexibility index (Phi) is 6.91. The van der Waals surface area contributed by atoms with E-state index in [1.807, 2.05) is 26.0 Å². The predicted octanol–water partition coefficient (Wildman–Crippen LogP) is 4.19. The Bertz CT molecular complexity index is 1420. The molecule has 182 valence electrons. The van der Waals surface area contributed by atoms with Crippen molar-refractivity contribution < 1.29 is 23.5 Å². The van der Waals surface area contributed by atoms with Crippen molar-refractivity contribution in [2.24, 2.45) is 0 Å². The van der Waals surface area contributed by atoms with E-state index in [0.29, 0.717) is 28.5 Å². The largest absolute Gasteiger partial charge is 0.465 e. The van der Waals surface area contributed by atoms with Crippen LogP contribution in [0.5, 0.6) is 0 Å². The van der Waals surface area contributed by atoms with Gasteiger partial charge >= 0.3 is 5.97 Å². The van der Waals surface area contributed by atoms with Gasteiger partial charge in [-0.2, -0.15) is 0 Å². The van der Waals surface area contributed by atoms with Crippen molar-refractivity contribution >= 4 is 17.8 Å². The number of carbonyl (C=O) groups excluding carboxylic acids is 3. The maximum Gasteiger partial charge on any atom is 0.337 e. The van der Waals surface area contributed by atoms with Gasteiger partial charge in [-0.1, -0.05) is 0 Å². The van der Waals surface area contributed by atoms with Crippen LogP contribution in [0.2, 0.25) is 0 Å². The zero-order valence-electron chi connectivity index (χ0n) is 20.2. The maximum absolute atomic E-state index is 12.5. The van der Waals surface area contributed by atoms with Crippen LogP contribution in [0.15, 0.2) is 65.1 Å². The fourth-order valence-electron chi connectivity index (χ4n) is 3.51. The molecule has 0 bridgehead atoms. The Labute approximate surface area is 207 Å². The average Bonchev–Trinajstić information content (AvgIpc) is 3.40. The summed E-state index contributed by atoms with van der Waals surface area (Å²) in [5.41, 5.74) is 10.6.